The van der Waals surface area contributed by atoms with Gasteiger partial charge in [-0.05, 0) is 24.6 Å². The Morgan fingerprint density at radius 2 is 2.15 bits per heavy atom. The minimum Gasteiger partial charge on any atom is -0.395 e. The molecule has 0 bridgehead atoms. The van der Waals surface area contributed by atoms with E-state index >= 15 is 0 Å². The van der Waals surface area contributed by atoms with Gasteiger partial charge in [0.2, 0.25) is 0 Å². The van der Waals surface area contributed by atoms with E-state index in [0.29, 0.717) is 18.7 Å². The Morgan fingerprint density at radius 1 is 1.30 bits per heavy atom. The topological polar surface area (TPSA) is 53.4 Å². The van der Waals surface area contributed by atoms with Gasteiger partial charge in [-0.15, -0.1) is 0 Å². The van der Waals surface area contributed by atoms with Crippen molar-refractivity contribution in [3.63, 3.8) is 0 Å². The van der Waals surface area contributed by atoms with E-state index in [1.807, 2.05) is 31.2 Å². The Bertz CT molecular complexity index is 570. The first-order valence-electron chi connectivity index (χ1n) is 6.56. The van der Waals surface area contributed by atoms with Crippen LogP contribution in [0.25, 0.3) is 0 Å². The van der Waals surface area contributed by atoms with Crippen LogP contribution in [-0.2, 0) is 6.54 Å². The second kappa shape index (κ2) is 6.82. The molecule has 104 valence electrons. The smallest absolute Gasteiger partial charge is 0.255 e. The van der Waals surface area contributed by atoms with Crippen molar-refractivity contribution in [2.75, 3.05) is 13.2 Å². The molecule has 4 heteroatoms. The number of carbonyl (C=O) groups is 1. The number of aromatic nitrogens is 1. The van der Waals surface area contributed by atoms with Crippen LogP contribution in [0.5, 0.6) is 0 Å². The van der Waals surface area contributed by atoms with E-state index in [9.17, 15) is 4.79 Å². The molecule has 0 unspecified atom stereocenters. The molecule has 4 nitrogen and oxygen atoms in total. The molecule has 2 rings (SSSR count). The number of aliphatic hydroxyl groups is 1. The van der Waals surface area contributed by atoms with Gasteiger partial charge in [0, 0.05) is 25.5 Å². The number of benzene rings is 1. The van der Waals surface area contributed by atoms with Crippen LogP contribution in [0.2, 0.25) is 0 Å². The molecule has 0 spiro atoms. The second-order valence-electron chi connectivity index (χ2n) is 4.68. The fourth-order valence-corrected chi connectivity index (χ4v) is 2.08. The Morgan fingerprint density at radius 3 is 2.80 bits per heavy atom. The minimum absolute atomic E-state index is 0.0577. The summed E-state index contributed by atoms with van der Waals surface area (Å²) in [6, 6.07) is 11.5. The maximum atomic E-state index is 12.4. The Hall–Kier alpha value is -2.20. The fraction of sp³-hybridized carbons (Fsp3) is 0.250. The number of aliphatic hydroxyl groups excluding tert-OH is 1. The number of hydrogen-bond donors (Lipinski definition) is 1. The van der Waals surface area contributed by atoms with Crippen LogP contribution in [0.15, 0.2) is 48.8 Å². The maximum absolute atomic E-state index is 12.4. The summed E-state index contributed by atoms with van der Waals surface area (Å²) in [4.78, 5) is 18.0. The van der Waals surface area contributed by atoms with Crippen molar-refractivity contribution in [1.29, 1.82) is 0 Å². The lowest BCUT2D eigenvalue weighted by Gasteiger charge is -2.22. The first-order valence-corrected chi connectivity index (χ1v) is 6.56. The van der Waals surface area contributed by atoms with Gasteiger partial charge in [-0.1, -0.05) is 29.8 Å². The Labute approximate surface area is 118 Å². The van der Waals surface area contributed by atoms with Crippen LogP contribution in [0, 0.1) is 6.92 Å². The summed E-state index contributed by atoms with van der Waals surface area (Å²) in [5, 5.41) is 9.16. The van der Waals surface area contributed by atoms with Gasteiger partial charge >= 0.3 is 0 Å². The molecule has 1 aromatic carbocycles. The lowest BCUT2D eigenvalue weighted by atomic mass is 10.1. The molecule has 0 aliphatic heterocycles. The summed E-state index contributed by atoms with van der Waals surface area (Å²) in [5.41, 5.74) is 2.74. The van der Waals surface area contributed by atoms with Crippen LogP contribution in [0.3, 0.4) is 0 Å². The summed E-state index contributed by atoms with van der Waals surface area (Å²) in [5.74, 6) is -0.117. The van der Waals surface area contributed by atoms with E-state index in [0.717, 1.165) is 11.1 Å². The number of nitrogens with zero attached hydrogens (tertiary/aromatic N) is 2. The second-order valence-corrected chi connectivity index (χ2v) is 4.68. The number of rotatable bonds is 5. The number of carbonyl (C=O) groups excluding carboxylic acids is 1. The van der Waals surface area contributed by atoms with Crippen molar-refractivity contribution in [1.82, 2.24) is 9.88 Å². The van der Waals surface area contributed by atoms with Crippen LogP contribution in [0.4, 0.5) is 0 Å². The third-order valence-corrected chi connectivity index (χ3v) is 3.02. The summed E-state index contributed by atoms with van der Waals surface area (Å²) in [6.45, 7) is 2.75. The highest BCUT2D eigenvalue weighted by Crippen LogP contribution is 2.11. The highest BCUT2D eigenvalue weighted by atomic mass is 16.3. The SMILES string of the molecule is Cc1cccc(CN(CCO)C(=O)c2cccnc2)c1. The van der Waals surface area contributed by atoms with Crippen LogP contribution >= 0.6 is 0 Å². The molecule has 1 heterocycles. The van der Waals surface area contributed by atoms with Crippen LogP contribution in [0.1, 0.15) is 21.5 Å². The van der Waals surface area contributed by atoms with Gasteiger partial charge in [0.1, 0.15) is 0 Å². The first kappa shape index (κ1) is 14.2. The normalized spacial score (nSPS) is 10.3. The summed E-state index contributed by atoms with van der Waals surface area (Å²) in [6.07, 6.45) is 3.18. The lowest BCUT2D eigenvalue weighted by molar-refractivity contribution is 0.0707. The van der Waals surface area contributed by atoms with Crippen molar-refractivity contribution < 1.29 is 9.90 Å². The third-order valence-electron chi connectivity index (χ3n) is 3.02. The van der Waals surface area contributed by atoms with E-state index in [-0.39, 0.29) is 12.5 Å². The molecule has 2 aromatic rings. The zero-order chi connectivity index (χ0) is 14.4. The van der Waals surface area contributed by atoms with Gasteiger partial charge in [-0.2, -0.15) is 0 Å². The molecule has 20 heavy (non-hydrogen) atoms. The highest BCUT2D eigenvalue weighted by molar-refractivity contribution is 5.93. The number of aryl methyl sites for hydroxylation is 1. The van der Waals surface area contributed by atoms with Gasteiger partial charge in [-0.25, -0.2) is 0 Å². The third kappa shape index (κ3) is 3.65. The van der Waals surface area contributed by atoms with Crippen molar-refractivity contribution >= 4 is 5.91 Å². The largest absolute Gasteiger partial charge is 0.395 e. The average molecular weight is 270 g/mol. The molecule has 0 radical (unpaired) electrons. The molecule has 0 aliphatic rings. The molecular weight excluding hydrogens is 252 g/mol. The maximum Gasteiger partial charge on any atom is 0.255 e. The van der Waals surface area contributed by atoms with E-state index in [2.05, 4.69) is 4.98 Å². The summed E-state index contributed by atoms with van der Waals surface area (Å²) >= 11 is 0. The van der Waals surface area contributed by atoms with Gasteiger partial charge in [0.15, 0.2) is 0 Å². The van der Waals surface area contributed by atoms with E-state index in [1.54, 1.807) is 29.4 Å². The highest BCUT2D eigenvalue weighted by Gasteiger charge is 2.15. The van der Waals surface area contributed by atoms with Crippen LogP contribution in [-0.4, -0.2) is 34.0 Å². The number of hydrogen-bond acceptors (Lipinski definition) is 3. The predicted octanol–water partition coefficient (Wildman–Crippen LogP) is 2.02. The van der Waals surface area contributed by atoms with Gasteiger partial charge in [0.25, 0.3) is 5.91 Å². The lowest BCUT2D eigenvalue weighted by Crippen LogP contribution is -2.33. The van der Waals surface area contributed by atoms with Gasteiger partial charge in [0.05, 0.1) is 12.2 Å². The van der Waals surface area contributed by atoms with E-state index < -0.39 is 0 Å². The minimum atomic E-state index is -0.117. The van der Waals surface area contributed by atoms with Crippen molar-refractivity contribution in [3.8, 4) is 0 Å². The average Bonchev–Trinajstić information content (AvgIpc) is 2.47. The molecule has 0 atom stereocenters. The van der Waals surface area contributed by atoms with Crippen molar-refractivity contribution in [3.05, 3.63) is 65.5 Å². The van der Waals surface area contributed by atoms with E-state index in [4.69, 9.17) is 5.11 Å². The number of pyridine rings is 1. The Kier molecular flexibility index (Phi) is 4.85. The molecule has 1 aromatic heterocycles. The molecule has 0 saturated heterocycles. The van der Waals surface area contributed by atoms with Gasteiger partial charge in [-0.3, -0.25) is 9.78 Å². The van der Waals surface area contributed by atoms with Crippen LogP contribution < -0.4 is 0 Å². The summed E-state index contributed by atoms with van der Waals surface area (Å²) < 4.78 is 0. The molecule has 1 amide bonds. The standard InChI is InChI=1S/C16H18N2O2/c1-13-4-2-5-14(10-13)12-18(8-9-19)16(20)15-6-3-7-17-11-15/h2-7,10-11,19H,8-9,12H2,1H3. The fourth-order valence-electron chi connectivity index (χ4n) is 2.08. The van der Waals surface area contributed by atoms with Crippen molar-refractivity contribution in [2.45, 2.75) is 13.5 Å². The first-order chi connectivity index (χ1) is 9.70. The predicted molar refractivity (Wildman–Crippen MR) is 77.2 cm³/mol. The van der Waals surface area contributed by atoms with Gasteiger partial charge < -0.3 is 10.0 Å². The summed E-state index contributed by atoms with van der Waals surface area (Å²) in [7, 11) is 0. The molecule has 1 N–H and O–H groups in total. The van der Waals surface area contributed by atoms with E-state index in [1.165, 1.54) is 0 Å². The number of amides is 1. The molecule has 0 fully saturated rings. The molecular formula is C16H18N2O2. The molecule has 0 aliphatic carbocycles. The Balaban J connectivity index is 2.17. The zero-order valence-electron chi connectivity index (χ0n) is 11.5. The van der Waals surface area contributed by atoms with Crippen molar-refractivity contribution in [2.24, 2.45) is 0 Å². The quantitative estimate of drug-likeness (QED) is 0.904. The monoisotopic (exact) mass is 270 g/mol. The molecule has 0 saturated carbocycles. The zero-order valence-corrected chi connectivity index (χ0v) is 11.5.